The van der Waals surface area contributed by atoms with Crippen molar-refractivity contribution in [3.8, 4) is 0 Å². The minimum absolute atomic E-state index is 0.260. The largest absolute Gasteiger partial charge is 0.377 e. The molecule has 4 nitrogen and oxygen atoms in total. The fourth-order valence-corrected chi connectivity index (χ4v) is 3.09. The van der Waals surface area contributed by atoms with Gasteiger partial charge in [0.2, 0.25) is 0 Å². The number of piperidine rings is 1. The number of aldehydes is 1. The van der Waals surface area contributed by atoms with E-state index in [0.29, 0.717) is 10.0 Å². The number of thiazole rings is 1. The molecule has 17 heavy (non-hydrogen) atoms. The third-order valence-corrected chi connectivity index (χ3v) is 4.20. The number of nitrogens with zero attached hydrogens (tertiary/aromatic N) is 2. The van der Waals surface area contributed by atoms with Gasteiger partial charge in [0.1, 0.15) is 4.88 Å². The summed E-state index contributed by atoms with van der Waals surface area (Å²) in [6.07, 6.45) is 3.19. The highest BCUT2D eigenvalue weighted by molar-refractivity contribution is 7.17. The molecule has 0 saturated carbocycles. The predicted octanol–water partition coefficient (Wildman–Crippen LogP) is 2.61. The Bertz CT molecular complexity index is 395. The molecule has 0 aliphatic carbocycles. The van der Waals surface area contributed by atoms with Crippen molar-refractivity contribution in [1.29, 1.82) is 0 Å². The lowest BCUT2D eigenvalue weighted by Gasteiger charge is -2.32. The molecule has 1 aliphatic heterocycles. The van der Waals surface area contributed by atoms with Crippen LogP contribution in [-0.2, 0) is 4.74 Å². The monoisotopic (exact) mass is 274 g/mol. The first-order valence-corrected chi connectivity index (χ1v) is 6.92. The first-order chi connectivity index (χ1) is 8.24. The van der Waals surface area contributed by atoms with E-state index < -0.39 is 0 Å². The Balaban J connectivity index is 2.07. The molecule has 1 aromatic rings. The summed E-state index contributed by atoms with van der Waals surface area (Å²) in [4.78, 5) is 17.6. The van der Waals surface area contributed by atoms with E-state index in [1.54, 1.807) is 0 Å². The molecule has 1 aromatic heterocycles. The van der Waals surface area contributed by atoms with Gasteiger partial charge in [-0.05, 0) is 19.8 Å². The Labute approximate surface area is 110 Å². The Morgan fingerprint density at radius 3 is 3.18 bits per heavy atom. The number of aromatic nitrogens is 1. The zero-order chi connectivity index (χ0) is 12.3. The molecular formula is C11H15ClN2O2S. The van der Waals surface area contributed by atoms with E-state index in [-0.39, 0.29) is 6.10 Å². The van der Waals surface area contributed by atoms with E-state index in [1.807, 2.05) is 6.92 Å². The van der Waals surface area contributed by atoms with Crippen molar-refractivity contribution in [2.75, 3.05) is 24.6 Å². The second-order valence-electron chi connectivity index (χ2n) is 3.93. The first kappa shape index (κ1) is 12.8. The van der Waals surface area contributed by atoms with Crippen molar-refractivity contribution < 1.29 is 9.53 Å². The van der Waals surface area contributed by atoms with Crippen LogP contribution >= 0.6 is 22.9 Å². The minimum atomic E-state index is 0.260. The van der Waals surface area contributed by atoms with Gasteiger partial charge in [-0.2, -0.15) is 0 Å². The molecule has 1 atom stereocenters. The summed E-state index contributed by atoms with van der Waals surface area (Å²) in [7, 11) is 0. The average molecular weight is 275 g/mol. The molecule has 0 radical (unpaired) electrons. The molecule has 1 aliphatic rings. The summed E-state index contributed by atoms with van der Waals surface area (Å²) >= 11 is 7.22. The normalized spacial score (nSPS) is 20.6. The van der Waals surface area contributed by atoms with E-state index in [9.17, 15) is 4.79 Å². The van der Waals surface area contributed by atoms with E-state index in [1.165, 1.54) is 11.3 Å². The Kier molecular flexibility index (Phi) is 4.36. The van der Waals surface area contributed by atoms with Gasteiger partial charge in [0.25, 0.3) is 0 Å². The lowest BCUT2D eigenvalue weighted by molar-refractivity contribution is 0.0526. The van der Waals surface area contributed by atoms with Crippen LogP contribution in [0.3, 0.4) is 0 Å². The summed E-state index contributed by atoms with van der Waals surface area (Å²) < 4.78 is 5.63. The average Bonchev–Trinajstić information content (AvgIpc) is 2.71. The highest BCUT2D eigenvalue weighted by Crippen LogP contribution is 2.30. The number of anilines is 1. The number of ether oxygens (including phenoxy) is 1. The van der Waals surface area contributed by atoms with Crippen LogP contribution in [-0.4, -0.2) is 37.1 Å². The number of halogens is 1. The second-order valence-corrected chi connectivity index (χ2v) is 5.30. The van der Waals surface area contributed by atoms with Crippen LogP contribution in [0.4, 0.5) is 5.13 Å². The lowest BCUT2D eigenvalue weighted by Crippen LogP contribution is -2.39. The molecular weight excluding hydrogens is 260 g/mol. The van der Waals surface area contributed by atoms with Crippen molar-refractivity contribution in [2.45, 2.75) is 25.9 Å². The quantitative estimate of drug-likeness (QED) is 0.792. The lowest BCUT2D eigenvalue weighted by atomic mass is 10.1. The van der Waals surface area contributed by atoms with Crippen LogP contribution in [0.1, 0.15) is 29.4 Å². The molecule has 2 heterocycles. The fourth-order valence-electron chi connectivity index (χ4n) is 1.99. The SMILES string of the molecule is CCOC1CCCN(c2nc(Cl)c(C=O)s2)C1. The van der Waals surface area contributed by atoms with Gasteiger partial charge < -0.3 is 9.64 Å². The van der Waals surface area contributed by atoms with Gasteiger partial charge in [0, 0.05) is 19.7 Å². The zero-order valence-electron chi connectivity index (χ0n) is 9.69. The molecule has 0 bridgehead atoms. The van der Waals surface area contributed by atoms with E-state index >= 15 is 0 Å². The van der Waals surface area contributed by atoms with Crippen molar-refractivity contribution in [1.82, 2.24) is 4.98 Å². The maximum Gasteiger partial charge on any atom is 0.187 e. The molecule has 0 N–H and O–H groups in total. The third kappa shape index (κ3) is 2.97. The molecule has 6 heteroatoms. The van der Waals surface area contributed by atoms with Gasteiger partial charge in [-0.15, -0.1) is 0 Å². The number of hydrogen-bond donors (Lipinski definition) is 0. The molecule has 0 amide bonds. The Morgan fingerprint density at radius 1 is 1.71 bits per heavy atom. The smallest absolute Gasteiger partial charge is 0.187 e. The highest BCUT2D eigenvalue weighted by atomic mass is 35.5. The van der Waals surface area contributed by atoms with Gasteiger partial charge in [0.15, 0.2) is 16.6 Å². The summed E-state index contributed by atoms with van der Waals surface area (Å²) in [5.74, 6) is 0. The minimum Gasteiger partial charge on any atom is -0.377 e. The Morgan fingerprint density at radius 2 is 2.53 bits per heavy atom. The van der Waals surface area contributed by atoms with Crippen LogP contribution in [0, 0.1) is 0 Å². The number of rotatable bonds is 4. The topological polar surface area (TPSA) is 42.4 Å². The van der Waals surface area contributed by atoms with Crippen LogP contribution in [0.5, 0.6) is 0 Å². The van der Waals surface area contributed by atoms with Crippen LogP contribution in [0.15, 0.2) is 0 Å². The number of hydrogen-bond acceptors (Lipinski definition) is 5. The fraction of sp³-hybridized carbons (Fsp3) is 0.636. The van der Waals surface area contributed by atoms with E-state index in [4.69, 9.17) is 16.3 Å². The van der Waals surface area contributed by atoms with Crippen molar-refractivity contribution in [2.24, 2.45) is 0 Å². The summed E-state index contributed by atoms with van der Waals surface area (Å²) in [6.45, 7) is 4.52. The van der Waals surface area contributed by atoms with Crippen LogP contribution in [0.2, 0.25) is 5.15 Å². The molecule has 1 fully saturated rings. The number of carbonyl (C=O) groups excluding carboxylic acids is 1. The molecule has 94 valence electrons. The van der Waals surface area contributed by atoms with Gasteiger partial charge in [-0.1, -0.05) is 22.9 Å². The van der Waals surface area contributed by atoms with E-state index in [0.717, 1.165) is 44.0 Å². The standard InChI is InChI=1S/C11H15ClN2O2S/c1-2-16-8-4-3-5-14(6-8)11-13-10(12)9(7-15)17-11/h7-8H,2-6H2,1H3. The zero-order valence-corrected chi connectivity index (χ0v) is 11.3. The van der Waals surface area contributed by atoms with Gasteiger partial charge in [-0.3, -0.25) is 4.79 Å². The molecule has 2 rings (SSSR count). The molecule has 0 spiro atoms. The highest BCUT2D eigenvalue weighted by Gasteiger charge is 2.23. The van der Waals surface area contributed by atoms with Crippen molar-refractivity contribution >= 4 is 34.4 Å². The van der Waals surface area contributed by atoms with Crippen molar-refractivity contribution in [3.63, 3.8) is 0 Å². The van der Waals surface area contributed by atoms with Gasteiger partial charge in [-0.25, -0.2) is 4.98 Å². The summed E-state index contributed by atoms with van der Waals surface area (Å²) in [5.41, 5.74) is 0. The number of carbonyl (C=O) groups is 1. The van der Waals surface area contributed by atoms with Crippen molar-refractivity contribution in [3.05, 3.63) is 10.0 Å². The molecule has 0 aromatic carbocycles. The maximum absolute atomic E-state index is 10.7. The van der Waals surface area contributed by atoms with E-state index in [2.05, 4.69) is 9.88 Å². The second kappa shape index (κ2) is 5.80. The summed E-state index contributed by atoms with van der Waals surface area (Å²) in [6, 6.07) is 0. The third-order valence-electron chi connectivity index (χ3n) is 2.76. The Hall–Kier alpha value is -0.650. The van der Waals surface area contributed by atoms with Gasteiger partial charge >= 0.3 is 0 Å². The van der Waals surface area contributed by atoms with Gasteiger partial charge in [0.05, 0.1) is 6.10 Å². The van der Waals surface area contributed by atoms with Crippen LogP contribution in [0.25, 0.3) is 0 Å². The summed E-state index contributed by atoms with van der Waals surface area (Å²) in [5, 5.41) is 1.13. The maximum atomic E-state index is 10.7. The first-order valence-electron chi connectivity index (χ1n) is 5.72. The molecule has 1 unspecified atom stereocenters. The molecule has 1 saturated heterocycles. The predicted molar refractivity (Wildman–Crippen MR) is 69.4 cm³/mol. The van der Waals surface area contributed by atoms with Crippen LogP contribution < -0.4 is 4.90 Å².